The zero-order valence-electron chi connectivity index (χ0n) is 15.8. The number of carbonyl (C=O) groups is 3. The van der Waals surface area contributed by atoms with Gasteiger partial charge in [-0.05, 0) is 31.5 Å². The third-order valence-corrected chi connectivity index (χ3v) is 4.58. The summed E-state index contributed by atoms with van der Waals surface area (Å²) in [6.07, 6.45) is 1.38. The van der Waals surface area contributed by atoms with Gasteiger partial charge in [0.1, 0.15) is 22.8 Å². The Labute approximate surface area is 162 Å². The number of carbonyl (C=O) groups excluding carboxylic acids is 2. The molecule has 28 heavy (non-hydrogen) atoms. The summed E-state index contributed by atoms with van der Waals surface area (Å²) in [4.78, 5) is 38.4. The standard InChI is InChI=1S/C20H22N2O6/c1-13-17(20(25)26)10-16(28-13)11-21(2)19(24)12-27-15-6-3-5-14(9-15)22-8-4-7-18(22)23/h3,5-6,9-10H,4,7-8,11-12H2,1-2H3,(H,25,26). The van der Waals surface area contributed by atoms with E-state index >= 15 is 0 Å². The second kappa shape index (κ2) is 8.16. The van der Waals surface area contributed by atoms with Crippen molar-refractivity contribution in [1.29, 1.82) is 0 Å². The van der Waals surface area contributed by atoms with E-state index in [1.54, 1.807) is 37.1 Å². The summed E-state index contributed by atoms with van der Waals surface area (Å²) in [6, 6.07) is 8.50. The Kier molecular flexibility index (Phi) is 5.67. The normalized spacial score (nSPS) is 13.6. The molecule has 0 unspecified atom stereocenters. The van der Waals surface area contributed by atoms with Crippen molar-refractivity contribution in [2.45, 2.75) is 26.3 Å². The number of carboxylic acid groups (broad SMARTS) is 1. The number of furan rings is 1. The predicted octanol–water partition coefficient (Wildman–Crippen LogP) is 2.45. The molecule has 0 saturated carbocycles. The highest BCUT2D eigenvalue weighted by Gasteiger charge is 2.22. The van der Waals surface area contributed by atoms with E-state index in [0.29, 0.717) is 30.2 Å². The molecule has 1 aliphatic heterocycles. The minimum atomic E-state index is -1.07. The van der Waals surface area contributed by atoms with Crippen molar-refractivity contribution in [2.24, 2.45) is 0 Å². The maximum absolute atomic E-state index is 12.3. The molecule has 2 aromatic rings. The van der Waals surface area contributed by atoms with Crippen LogP contribution in [0.5, 0.6) is 5.75 Å². The molecule has 1 aromatic heterocycles. The smallest absolute Gasteiger partial charge is 0.339 e. The van der Waals surface area contributed by atoms with Crippen LogP contribution < -0.4 is 9.64 Å². The largest absolute Gasteiger partial charge is 0.484 e. The maximum Gasteiger partial charge on any atom is 0.339 e. The summed E-state index contributed by atoms with van der Waals surface area (Å²) in [6.45, 7) is 2.21. The van der Waals surface area contributed by atoms with Gasteiger partial charge in [-0.25, -0.2) is 4.79 Å². The SMILES string of the molecule is Cc1oc(CN(C)C(=O)COc2cccc(N3CCCC3=O)c2)cc1C(=O)O. The Hall–Kier alpha value is -3.29. The molecule has 1 aromatic carbocycles. The number of hydrogen-bond acceptors (Lipinski definition) is 5. The van der Waals surface area contributed by atoms with Gasteiger partial charge in [-0.3, -0.25) is 9.59 Å². The zero-order valence-corrected chi connectivity index (χ0v) is 15.8. The van der Waals surface area contributed by atoms with Crippen molar-refractivity contribution in [1.82, 2.24) is 4.90 Å². The Morgan fingerprint density at radius 3 is 2.75 bits per heavy atom. The molecule has 2 amide bonds. The lowest BCUT2D eigenvalue weighted by Gasteiger charge is -2.18. The minimum Gasteiger partial charge on any atom is -0.484 e. The summed E-state index contributed by atoms with van der Waals surface area (Å²) in [5.41, 5.74) is 0.841. The van der Waals surface area contributed by atoms with E-state index in [4.69, 9.17) is 14.3 Å². The molecule has 8 nitrogen and oxygen atoms in total. The fourth-order valence-corrected chi connectivity index (χ4v) is 3.07. The first-order valence-electron chi connectivity index (χ1n) is 8.95. The van der Waals surface area contributed by atoms with Gasteiger partial charge in [0, 0.05) is 31.8 Å². The maximum atomic E-state index is 12.3. The fourth-order valence-electron chi connectivity index (χ4n) is 3.07. The molecule has 0 spiro atoms. The first kappa shape index (κ1) is 19.5. The summed E-state index contributed by atoms with van der Waals surface area (Å²) >= 11 is 0. The number of carboxylic acids is 1. The number of aromatic carboxylic acids is 1. The highest BCUT2D eigenvalue weighted by atomic mass is 16.5. The molecule has 3 rings (SSSR count). The van der Waals surface area contributed by atoms with Gasteiger partial charge in [0.2, 0.25) is 5.91 Å². The molecule has 0 aliphatic carbocycles. The van der Waals surface area contributed by atoms with Crippen LogP contribution in [0.3, 0.4) is 0 Å². The van der Waals surface area contributed by atoms with E-state index in [9.17, 15) is 14.4 Å². The van der Waals surface area contributed by atoms with Crippen molar-refractivity contribution >= 4 is 23.5 Å². The van der Waals surface area contributed by atoms with Crippen LogP contribution >= 0.6 is 0 Å². The third-order valence-electron chi connectivity index (χ3n) is 4.58. The average molecular weight is 386 g/mol. The number of anilines is 1. The van der Waals surface area contributed by atoms with Crippen LogP contribution in [-0.4, -0.2) is 48.0 Å². The number of benzene rings is 1. The first-order valence-corrected chi connectivity index (χ1v) is 8.95. The van der Waals surface area contributed by atoms with E-state index < -0.39 is 5.97 Å². The topological polar surface area (TPSA) is 100 Å². The second-order valence-corrected chi connectivity index (χ2v) is 6.67. The zero-order chi connectivity index (χ0) is 20.3. The molecule has 0 atom stereocenters. The summed E-state index contributed by atoms with van der Waals surface area (Å²) in [5, 5.41) is 9.06. The number of aryl methyl sites for hydroxylation is 1. The van der Waals surface area contributed by atoms with Gasteiger partial charge in [-0.1, -0.05) is 6.07 Å². The minimum absolute atomic E-state index is 0.0837. The van der Waals surface area contributed by atoms with Gasteiger partial charge in [0.05, 0.1) is 6.54 Å². The van der Waals surface area contributed by atoms with Crippen molar-refractivity contribution in [3.05, 3.63) is 47.4 Å². The highest BCUT2D eigenvalue weighted by Crippen LogP contribution is 2.25. The molecular weight excluding hydrogens is 364 g/mol. The predicted molar refractivity (Wildman–Crippen MR) is 100 cm³/mol. The molecule has 1 saturated heterocycles. The lowest BCUT2D eigenvalue weighted by molar-refractivity contribution is -0.132. The van der Waals surface area contributed by atoms with Crippen LogP contribution in [-0.2, 0) is 16.1 Å². The molecule has 1 fully saturated rings. The van der Waals surface area contributed by atoms with Crippen LogP contribution in [0.4, 0.5) is 5.69 Å². The van der Waals surface area contributed by atoms with Crippen LogP contribution in [0.25, 0.3) is 0 Å². The lowest BCUT2D eigenvalue weighted by Crippen LogP contribution is -2.30. The molecule has 8 heteroatoms. The van der Waals surface area contributed by atoms with E-state index in [1.165, 1.54) is 11.0 Å². The van der Waals surface area contributed by atoms with Crippen molar-refractivity contribution < 1.29 is 28.6 Å². The molecule has 0 bridgehead atoms. The van der Waals surface area contributed by atoms with Crippen LogP contribution in [0.15, 0.2) is 34.7 Å². The average Bonchev–Trinajstić information content (AvgIpc) is 3.25. The van der Waals surface area contributed by atoms with Gasteiger partial charge < -0.3 is 24.1 Å². The second-order valence-electron chi connectivity index (χ2n) is 6.67. The van der Waals surface area contributed by atoms with E-state index in [1.807, 2.05) is 6.07 Å². The molecular formula is C20H22N2O6. The fraction of sp³-hybridized carbons (Fsp3) is 0.350. The first-order chi connectivity index (χ1) is 13.3. The Bertz CT molecular complexity index is 904. The van der Waals surface area contributed by atoms with Gasteiger partial charge in [0.15, 0.2) is 6.61 Å². The van der Waals surface area contributed by atoms with Gasteiger partial charge in [-0.2, -0.15) is 0 Å². The van der Waals surface area contributed by atoms with Gasteiger partial charge in [0.25, 0.3) is 5.91 Å². The molecule has 2 heterocycles. The monoisotopic (exact) mass is 386 g/mol. The number of amides is 2. The number of ether oxygens (including phenoxy) is 1. The quantitative estimate of drug-likeness (QED) is 0.785. The van der Waals surface area contributed by atoms with Gasteiger partial charge >= 0.3 is 5.97 Å². The van der Waals surface area contributed by atoms with Crippen LogP contribution in [0.1, 0.15) is 34.7 Å². The molecule has 1 N–H and O–H groups in total. The van der Waals surface area contributed by atoms with E-state index in [2.05, 4.69) is 0 Å². The number of rotatable bonds is 7. The third kappa shape index (κ3) is 4.33. The highest BCUT2D eigenvalue weighted by molar-refractivity contribution is 5.95. The summed E-state index contributed by atoms with van der Waals surface area (Å²) < 4.78 is 11.0. The molecule has 148 valence electrons. The summed E-state index contributed by atoms with van der Waals surface area (Å²) in [7, 11) is 1.59. The lowest BCUT2D eigenvalue weighted by atomic mass is 10.2. The number of hydrogen-bond donors (Lipinski definition) is 1. The Balaban J connectivity index is 1.57. The van der Waals surface area contributed by atoms with Crippen molar-refractivity contribution in [3.8, 4) is 5.75 Å². The summed E-state index contributed by atoms with van der Waals surface area (Å²) in [5.74, 6) is -0.0775. The Morgan fingerprint density at radius 2 is 2.11 bits per heavy atom. The van der Waals surface area contributed by atoms with Crippen LogP contribution in [0, 0.1) is 6.92 Å². The van der Waals surface area contributed by atoms with E-state index in [-0.39, 0.29) is 30.5 Å². The number of nitrogens with zero attached hydrogens (tertiary/aromatic N) is 2. The molecule has 1 aliphatic rings. The Morgan fingerprint density at radius 1 is 1.32 bits per heavy atom. The number of likely N-dealkylation sites (N-methyl/N-ethyl adjacent to an activating group) is 1. The van der Waals surface area contributed by atoms with E-state index in [0.717, 1.165) is 12.1 Å². The van der Waals surface area contributed by atoms with Crippen molar-refractivity contribution in [3.63, 3.8) is 0 Å². The molecule has 0 radical (unpaired) electrons. The van der Waals surface area contributed by atoms with Crippen molar-refractivity contribution in [2.75, 3.05) is 25.1 Å². The van der Waals surface area contributed by atoms with Gasteiger partial charge in [-0.15, -0.1) is 0 Å². The van der Waals surface area contributed by atoms with Crippen LogP contribution in [0.2, 0.25) is 0 Å².